The number of benzene rings is 1. The van der Waals surface area contributed by atoms with E-state index in [1.165, 1.54) is 0 Å². The number of tetrazole rings is 1. The Bertz CT molecular complexity index is 701. The molecule has 2 heterocycles. The minimum absolute atomic E-state index is 0.113. The number of carbonyl (C=O) groups is 1. The van der Waals surface area contributed by atoms with Gasteiger partial charge in [-0.25, -0.2) is 4.68 Å². The molecule has 0 radical (unpaired) electrons. The molecule has 1 aliphatic rings. The van der Waals surface area contributed by atoms with Crippen molar-refractivity contribution in [2.45, 2.75) is 19.5 Å². The minimum atomic E-state index is -0.113. The fourth-order valence-corrected chi connectivity index (χ4v) is 2.86. The Morgan fingerprint density at radius 1 is 1.32 bits per heavy atom. The first-order valence-electron chi connectivity index (χ1n) is 8.27. The summed E-state index contributed by atoms with van der Waals surface area (Å²) in [5.41, 5.74) is 1.09. The smallest absolute Gasteiger partial charge is 0.241 e. The van der Waals surface area contributed by atoms with Gasteiger partial charge in [0.05, 0.1) is 19.8 Å². The highest BCUT2D eigenvalue weighted by Gasteiger charge is 2.16. The van der Waals surface area contributed by atoms with E-state index in [2.05, 4.69) is 25.7 Å². The van der Waals surface area contributed by atoms with E-state index in [0.29, 0.717) is 37.2 Å². The van der Waals surface area contributed by atoms with Crippen LogP contribution in [0.3, 0.4) is 0 Å². The predicted octanol–water partition coefficient (Wildman–Crippen LogP) is 0.518. The normalized spacial score (nSPS) is 15.2. The lowest BCUT2D eigenvalue weighted by molar-refractivity contribution is -0.121. The van der Waals surface area contributed by atoms with Crippen molar-refractivity contribution in [2.24, 2.45) is 0 Å². The van der Waals surface area contributed by atoms with Crippen LogP contribution >= 0.6 is 11.6 Å². The number of aromatic nitrogens is 4. The quantitative estimate of drug-likeness (QED) is 0.771. The molecule has 9 heteroatoms. The Hall–Kier alpha value is -2.03. The van der Waals surface area contributed by atoms with Gasteiger partial charge in [-0.1, -0.05) is 23.7 Å². The van der Waals surface area contributed by atoms with Gasteiger partial charge in [0, 0.05) is 24.7 Å². The van der Waals surface area contributed by atoms with Crippen molar-refractivity contribution in [3.05, 3.63) is 40.7 Å². The van der Waals surface area contributed by atoms with E-state index in [9.17, 15) is 4.79 Å². The van der Waals surface area contributed by atoms with Crippen molar-refractivity contribution in [3.8, 4) is 0 Å². The summed E-state index contributed by atoms with van der Waals surface area (Å²) in [7, 11) is 0. The highest BCUT2D eigenvalue weighted by Crippen LogP contribution is 2.10. The third-order valence-electron chi connectivity index (χ3n) is 3.99. The van der Waals surface area contributed by atoms with E-state index >= 15 is 0 Å². The summed E-state index contributed by atoms with van der Waals surface area (Å²) in [4.78, 5) is 14.3. The number of nitrogens with one attached hydrogen (secondary N) is 1. The van der Waals surface area contributed by atoms with Crippen LogP contribution in [0, 0.1) is 0 Å². The summed E-state index contributed by atoms with van der Waals surface area (Å²) in [5, 5.41) is 15.2. The molecule has 8 nitrogen and oxygen atoms in total. The van der Waals surface area contributed by atoms with Gasteiger partial charge in [0.25, 0.3) is 0 Å². The molecule has 2 aromatic rings. The van der Waals surface area contributed by atoms with E-state index < -0.39 is 0 Å². The number of rotatable bonds is 7. The molecule has 134 valence electrons. The van der Waals surface area contributed by atoms with Crippen LogP contribution in [0.2, 0.25) is 5.02 Å². The third-order valence-corrected chi connectivity index (χ3v) is 4.23. The van der Waals surface area contributed by atoms with Crippen LogP contribution in [-0.4, -0.2) is 63.9 Å². The topological polar surface area (TPSA) is 85.2 Å². The van der Waals surface area contributed by atoms with E-state index in [-0.39, 0.29) is 12.5 Å². The van der Waals surface area contributed by atoms with E-state index in [0.717, 1.165) is 25.1 Å². The highest BCUT2D eigenvalue weighted by molar-refractivity contribution is 6.30. The van der Waals surface area contributed by atoms with Crippen LogP contribution in [-0.2, 0) is 29.0 Å². The van der Waals surface area contributed by atoms with Crippen molar-refractivity contribution in [1.82, 2.24) is 30.4 Å². The Morgan fingerprint density at radius 3 is 2.96 bits per heavy atom. The lowest BCUT2D eigenvalue weighted by atomic mass is 10.1. The number of halogens is 1. The van der Waals surface area contributed by atoms with Crippen molar-refractivity contribution < 1.29 is 9.53 Å². The summed E-state index contributed by atoms with van der Waals surface area (Å²) >= 11 is 5.95. The van der Waals surface area contributed by atoms with Gasteiger partial charge >= 0.3 is 0 Å². The van der Waals surface area contributed by atoms with Crippen LogP contribution in [0.4, 0.5) is 0 Å². The van der Waals surface area contributed by atoms with Crippen LogP contribution in [0.15, 0.2) is 24.3 Å². The number of carbonyl (C=O) groups excluding carboxylic acids is 1. The van der Waals surface area contributed by atoms with E-state index in [4.69, 9.17) is 16.3 Å². The van der Waals surface area contributed by atoms with Crippen LogP contribution in [0.1, 0.15) is 11.4 Å². The molecule has 1 aliphatic heterocycles. The Balaban J connectivity index is 1.45. The molecule has 0 unspecified atom stereocenters. The van der Waals surface area contributed by atoms with Gasteiger partial charge in [0.15, 0.2) is 5.82 Å². The number of nitrogens with zero attached hydrogens (tertiary/aromatic N) is 5. The molecular formula is C16H21ClN6O2. The molecule has 0 atom stereocenters. The third kappa shape index (κ3) is 5.48. The first-order chi connectivity index (χ1) is 12.2. The maximum Gasteiger partial charge on any atom is 0.241 e. The second kappa shape index (κ2) is 8.89. The summed E-state index contributed by atoms with van der Waals surface area (Å²) in [6.07, 6.45) is 0.725. The molecule has 1 aromatic carbocycles. The van der Waals surface area contributed by atoms with Crippen molar-refractivity contribution in [3.63, 3.8) is 0 Å². The van der Waals surface area contributed by atoms with Crippen LogP contribution in [0.5, 0.6) is 0 Å². The molecular weight excluding hydrogens is 344 g/mol. The number of morpholine rings is 1. The Kier molecular flexibility index (Phi) is 6.32. The second-order valence-electron chi connectivity index (χ2n) is 5.87. The average Bonchev–Trinajstić information content (AvgIpc) is 3.02. The van der Waals surface area contributed by atoms with Gasteiger partial charge in [0.2, 0.25) is 5.91 Å². The Labute approximate surface area is 151 Å². The second-order valence-corrected chi connectivity index (χ2v) is 6.31. The standard InChI is InChI=1S/C16H21ClN6O2/c17-14-3-1-2-13(10-14)4-5-18-16(24)12-23-15(19-20-21-23)11-22-6-8-25-9-7-22/h1-3,10H,4-9,11-12H2,(H,18,24). The number of hydrogen-bond donors (Lipinski definition) is 1. The molecule has 25 heavy (non-hydrogen) atoms. The van der Waals surface area contributed by atoms with Crippen molar-refractivity contribution >= 4 is 17.5 Å². The van der Waals surface area contributed by atoms with Crippen molar-refractivity contribution in [1.29, 1.82) is 0 Å². The molecule has 0 spiro atoms. The van der Waals surface area contributed by atoms with Crippen LogP contribution < -0.4 is 5.32 Å². The molecule has 3 rings (SSSR count). The number of ether oxygens (including phenoxy) is 1. The lowest BCUT2D eigenvalue weighted by Gasteiger charge is -2.25. The zero-order chi connectivity index (χ0) is 17.5. The van der Waals surface area contributed by atoms with Gasteiger partial charge in [-0.05, 0) is 34.5 Å². The fraction of sp³-hybridized carbons (Fsp3) is 0.500. The zero-order valence-corrected chi connectivity index (χ0v) is 14.7. The zero-order valence-electron chi connectivity index (χ0n) is 13.9. The number of hydrogen-bond acceptors (Lipinski definition) is 6. The molecule has 1 N–H and O–H groups in total. The largest absolute Gasteiger partial charge is 0.379 e. The molecule has 1 saturated heterocycles. The van der Waals surface area contributed by atoms with Gasteiger partial charge in [-0.3, -0.25) is 9.69 Å². The Morgan fingerprint density at radius 2 is 2.16 bits per heavy atom. The molecule has 1 aromatic heterocycles. The minimum Gasteiger partial charge on any atom is -0.379 e. The highest BCUT2D eigenvalue weighted by atomic mass is 35.5. The molecule has 1 fully saturated rings. The monoisotopic (exact) mass is 364 g/mol. The summed E-state index contributed by atoms with van der Waals surface area (Å²) in [6, 6.07) is 7.62. The SMILES string of the molecule is O=C(Cn1nnnc1CN1CCOCC1)NCCc1cccc(Cl)c1. The maximum atomic E-state index is 12.1. The molecule has 0 bridgehead atoms. The molecule has 0 aliphatic carbocycles. The number of amides is 1. The summed E-state index contributed by atoms with van der Waals surface area (Å²) < 4.78 is 6.88. The summed E-state index contributed by atoms with van der Waals surface area (Å²) in [6.45, 7) is 4.39. The molecule has 0 saturated carbocycles. The van der Waals surface area contributed by atoms with Gasteiger partial charge in [0.1, 0.15) is 6.54 Å². The van der Waals surface area contributed by atoms with Gasteiger partial charge in [-0.15, -0.1) is 5.10 Å². The van der Waals surface area contributed by atoms with E-state index in [1.807, 2.05) is 24.3 Å². The predicted molar refractivity (Wildman–Crippen MR) is 92.1 cm³/mol. The molecule has 1 amide bonds. The van der Waals surface area contributed by atoms with Crippen molar-refractivity contribution in [2.75, 3.05) is 32.8 Å². The maximum absolute atomic E-state index is 12.1. The fourth-order valence-electron chi connectivity index (χ4n) is 2.65. The van der Waals surface area contributed by atoms with E-state index in [1.54, 1.807) is 4.68 Å². The van der Waals surface area contributed by atoms with Crippen LogP contribution in [0.25, 0.3) is 0 Å². The summed E-state index contributed by atoms with van der Waals surface area (Å²) in [5.74, 6) is 0.574. The van der Waals surface area contributed by atoms with Gasteiger partial charge in [-0.2, -0.15) is 0 Å². The van der Waals surface area contributed by atoms with Gasteiger partial charge < -0.3 is 10.1 Å². The average molecular weight is 365 g/mol. The first-order valence-corrected chi connectivity index (χ1v) is 8.65. The lowest BCUT2D eigenvalue weighted by Crippen LogP contribution is -2.37. The first kappa shape index (κ1) is 17.8.